The average Bonchev–Trinajstić information content (AvgIpc) is 3.26. The summed E-state index contributed by atoms with van der Waals surface area (Å²) in [6.45, 7) is 4.60. The number of hydrogen-bond acceptors (Lipinski definition) is 5. The van der Waals surface area contributed by atoms with Crippen LogP contribution in [-0.2, 0) is 0 Å². The van der Waals surface area contributed by atoms with E-state index in [4.69, 9.17) is 10.5 Å². The fourth-order valence-corrected chi connectivity index (χ4v) is 3.93. The van der Waals surface area contributed by atoms with Gasteiger partial charge in [-0.05, 0) is 11.5 Å². The molecule has 28 heavy (non-hydrogen) atoms. The second-order valence-corrected chi connectivity index (χ2v) is 7.23. The highest BCUT2D eigenvalue weighted by atomic mass is 127. The summed E-state index contributed by atoms with van der Waals surface area (Å²) in [5.74, 6) is 1.48. The Morgan fingerprint density at radius 1 is 1.11 bits per heavy atom. The molecule has 2 aromatic carbocycles. The first-order chi connectivity index (χ1) is 13.3. The molecule has 4 rings (SSSR count). The number of benzene rings is 2. The molecular weight excluding hydrogens is 485 g/mol. The molecule has 6 nitrogen and oxygen atoms in total. The molecule has 1 aliphatic rings. The van der Waals surface area contributed by atoms with Gasteiger partial charge in [0.15, 0.2) is 11.1 Å². The van der Waals surface area contributed by atoms with Gasteiger partial charge in [-0.25, -0.2) is 9.98 Å². The Kier molecular flexibility index (Phi) is 7.32. The van der Waals surface area contributed by atoms with E-state index in [1.54, 1.807) is 11.3 Å². The first kappa shape index (κ1) is 20.7. The number of aliphatic imine (C=N–C) groups is 1. The predicted octanol–water partition coefficient (Wildman–Crippen LogP) is 3.43. The summed E-state index contributed by atoms with van der Waals surface area (Å²) < 4.78 is 5.93. The van der Waals surface area contributed by atoms with Gasteiger partial charge in [-0.3, -0.25) is 0 Å². The third-order valence-corrected chi connectivity index (χ3v) is 5.50. The molecule has 2 N–H and O–H groups in total. The number of hydrogen-bond donors (Lipinski definition) is 1. The lowest BCUT2D eigenvalue weighted by Crippen LogP contribution is -2.51. The van der Waals surface area contributed by atoms with Gasteiger partial charge in [0.2, 0.25) is 0 Å². The van der Waals surface area contributed by atoms with E-state index in [9.17, 15) is 0 Å². The zero-order chi connectivity index (χ0) is 18.5. The highest BCUT2D eigenvalue weighted by molar-refractivity contribution is 14.0. The van der Waals surface area contributed by atoms with Crippen LogP contribution in [0.3, 0.4) is 0 Å². The third kappa shape index (κ3) is 4.85. The molecule has 0 saturated carbocycles. The summed E-state index contributed by atoms with van der Waals surface area (Å²) in [4.78, 5) is 13.3. The molecule has 1 aromatic heterocycles. The number of rotatable bonds is 5. The molecular formula is C20H24IN5OS. The van der Waals surface area contributed by atoms with E-state index in [2.05, 4.69) is 38.0 Å². The Labute approximate surface area is 186 Å². The van der Waals surface area contributed by atoms with Crippen molar-refractivity contribution in [2.24, 2.45) is 10.7 Å². The van der Waals surface area contributed by atoms with Crippen LogP contribution < -0.4 is 15.4 Å². The van der Waals surface area contributed by atoms with Gasteiger partial charge in [0.25, 0.3) is 0 Å². The van der Waals surface area contributed by atoms with Crippen LogP contribution in [-0.4, -0.2) is 55.2 Å². The Bertz CT molecular complexity index is 905. The summed E-state index contributed by atoms with van der Waals surface area (Å²) in [6, 6.07) is 14.3. The first-order valence-electron chi connectivity index (χ1n) is 9.11. The van der Waals surface area contributed by atoms with Crippen molar-refractivity contribution in [1.82, 2.24) is 9.88 Å². The number of ether oxygens (including phenoxy) is 1. The van der Waals surface area contributed by atoms with Gasteiger partial charge in [-0.1, -0.05) is 36.4 Å². The van der Waals surface area contributed by atoms with Crippen LogP contribution in [0.15, 0.2) is 59.0 Å². The lowest BCUT2D eigenvalue weighted by Gasteiger charge is -2.35. The highest BCUT2D eigenvalue weighted by Gasteiger charge is 2.19. The van der Waals surface area contributed by atoms with Crippen molar-refractivity contribution in [1.29, 1.82) is 0 Å². The minimum absolute atomic E-state index is 0. The zero-order valence-electron chi connectivity index (χ0n) is 15.5. The largest absolute Gasteiger partial charge is 0.491 e. The number of halogens is 1. The summed E-state index contributed by atoms with van der Waals surface area (Å²) in [5.41, 5.74) is 6.17. The molecule has 2 heterocycles. The van der Waals surface area contributed by atoms with Crippen molar-refractivity contribution in [3.8, 4) is 5.75 Å². The topological polar surface area (TPSA) is 67.0 Å². The lowest BCUT2D eigenvalue weighted by molar-refractivity contribution is 0.329. The summed E-state index contributed by atoms with van der Waals surface area (Å²) in [6.07, 6.45) is 1.85. The van der Waals surface area contributed by atoms with E-state index in [1.165, 1.54) is 5.39 Å². The van der Waals surface area contributed by atoms with Crippen LogP contribution in [0.25, 0.3) is 10.8 Å². The molecule has 8 heteroatoms. The first-order valence-corrected chi connectivity index (χ1v) is 9.99. The molecule has 0 atom stereocenters. The van der Waals surface area contributed by atoms with E-state index in [0.29, 0.717) is 19.1 Å². The Morgan fingerprint density at radius 3 is 2.68 bits per heavy atom. The fraction of sp³-hybridized carbons (Fsp3) is 0.300. The van der Waals surface area contributed by atoms with E-state index < -0.39 is 0 Å². The second-order valence-electron chi connectivity index (χ2n) is 6.35. The van der Waals surface area contributed by atoms with Crippen molar-refractivity contribution in [3.05, 3.63) is 54.0 Å². The number of fused-ring (bicyclic) bond motifs is 1. The second kappa shape index (κ2) is 9.92. The molecule has 0 amide bonds. The van der Waals surface area contributed by atoms with Crippen molar-refractivity contribution < 1.29 is 4.74 Å². The van der Waals surface area contributed by atoms with Crippen LogP contribution in [0.5, 0.6) is 5.75 Å². The fourth-order valence-electron chi connectivity index (χ4n) is 3.24. The van der Waals surface area contributed by atoms with Crippen LogP contribution in [0.1, 0.15) is 0 Å². The van der Waals surface area contributed by atoms with Crippen LogP contribution >= 0.6 is 35.3 Å². The number of guanidine groups is 1. The van der Waals surface area contributed by atoms with Gasteiger partial charge in [0, 0.05) is 43.1 Å². The maximum Gasteiger partial charge on any atom is 0.191 e. The quantitative estimate of drug-likeness (QED) is 0.247. The van der Waals surface area contributed by atoms with Crippen LogP contribution in [0, 0.1) is 0 Å². The molecule has 0 bridgehead atoms. The Hall–Kier alpha value is -2.07. The van der Waals surface area contributed by atoms with Crippen LogP contribution in [0.2, 0.25) is 0 Å². The van der Waals surface area contributed by atoms with Crippen molar-refractivity contribution in [2.45, 2.75) is 0 Å². The average molecular weight is 509 g/mol. The van der Waals surface area contributed by atoms with E-state index in [-0.39, 0.29) is 24.0 Å². The molecule has 1 aliphatic heterocycles. The molecule has 0 aliphatic carbocycles. The number of anilines is 1. The molecule has 1 saturated heterocycles. The highest BCUT2D eigenvalue weighted by Crippen LogP contribution is 2.25. The van der Waals surface area contributed by atoms with Crippen molar-refractivity contribution in [3.63, 3.8) is 0 Å². The maximum absolute atomic E-state index is 6.17. The normalized spacial score (nSPS) is 14.8. The number of nitrogens with zero attached hydrogens (tertiary/aromatic N) is 4. The molecule has 3 aromatic rings. The van der Waals surface area contributed by atoms with Gasteiger partial charge in [-0.2, -0.15) is 0 Å². The monoisotopic (exact) mass is 509 g/mol. The van der Waals surface area contributed by atoms with Gasteiger partial charge in [-0.15, -0.1) is 35.3 Å². The molecule has 1 fully saturated rings. The Balaban J connectivity index is 0.00000225. The molecule has 0 unspecified atom stereocenters. The number of aromatic nitrogens is 1. The van der Waals surface area contributed by atoms with E-state index in [0.717, 1.165) is 42.4 Å². The van der Waals surface area contributed by atoms with Gasteiger partial charge in [0.1, 0.15) is 12.4 Å². The van der Waals surface area contributed by atoms with E-state index >= 15 is 0 Å². The minimum Gasteiger partial charge on any atom is -0.491 e. The standard InChI is InChI=1S/C20H23N5OS.HI/c21-19(24-10-12-25(13-11-24)20-23-9-15-27-20)22-8-14-26-18-7-3-5-16-4-1-2-6-17(16)18;/h1-7,9,15H,8,10-14H2,(H2,21,22);1H. The molecule has 0 spiro atoms. The van der Waals surface area contributed by atoms with E-state index in [1.807, 2.05) is 35.8 Å². The summed E-state index contributed by atoms with van der Waals surface area (Å²) >= 11 is 1.67. The van der Waals surface area contributed by atoms with Crippen molar-refractivity contribution >= 4 is 57.2 Å². The molecule has 0 radical (unpaired) electrons. The minimum atomic E-state index is 0. The Morgan fingerprint density at radius 2 is 1.89 bits per heavy atom. The number of piperazine rings is 1. The number of thiazole rings is 1. The lowest BCUT2D eigenvalue weighted by atomic mass is 10.1. The zero-order valence-corrected chi connectivity index (χ0v) is 18.7. The van der Waals surface area contributed by atoms with Gasteiger partial charge >= 0.3 is 0 Å². The smallest absolute Gasteiger partial charge is 0.191 e. The van der Waals surface area contributed by atoms with Crippen molar-refractivity contribution in [2.75, 3.05) is 44.2 Å². The molecule has 148 valence electrons. The third-order valence-electron chi connectivity index (χ3n) is 4.67. The van der Waals surface area contributed by atoms with Gasteiger partial charge < -0.3 is 20.3 Å². The van der Waals surface area contributed by atoms with Gasteiger partial charge in [0.05, 0.1) is 6.54 Å². The SMILES string of the molecule is I.NC(=NCCOc1cccc2ccccc12)N1CCN(c2nccs2)CC1. The summed E-state index contributed by atoms with van der Waals surface area (Å²) in [7, 11) is 0. The maximum atomic E-state index is 6.17. The predicted molar refractivity (Wildman–Crippen MR) is 127 cm³/mol. The van der Waals surface area contributed by atoms with Crippen LogP contribution in [0.4, 0.5) is 5.13 Å². The number of nitrogens with two attached hydrogens (primary N) is 1. The summed E-state index contributed by atoms with van der Waals surface area (Å²) in [5, 5.41) is 5.38.